The summed E-state index contributed by atoms with van der Waals surface area (Å²) in [5, 5.41) is 1.12. The standard InChI is InChI=1S/C14H18N2O/c1-3-14(15,10-17-2)12-8-4-6-11-7-5-9-16-13(11)12/h4-9H,3,10,15H2,1-2H3. The number of methoxy groups -OCH3 is 1. The first-order chi connectivity index (χ1) is 8.21. The minimum atomic E-state index is -0.470. The number of para-hydroxylation sites is 1. The minimum absolute atomic E-state index is 0.470. The van der Waals surface area contributed by atoms with Gasteiger partial charge in [0.1, 0.15) is 0 Å². The molecule has 0 spiro atoms. The average molecular weight is 230 g/mol. The van der Waals surface area contributed by atoms with Gasteiger partial charge in [0.05, 0.1) is 17.7 Å². The van der Waals surface area contributed by atoms with E-state index < -0.39 is 5.54 Å². The zero-order chi connectivity index (χ0) is 12.3. The van der Waals surface area contributed by atoms with Crippen LogP contribution in [0.5, 0.6) is 0 Å². The third-order valence-electron chi connectivity index (χ3n) is 3.20. The second kappa shape index (κ2) is 4.82. The second-order valence-electron chi connectivity index (χ2n) is 4.32. The molecule has 2 aromatic rings. The molecule has 0 amide bonds. The highest BCUT2D eigenvalue weighted by molar-refractivity contribution is 5.82. The Balaban J connectivity index is 2.61. The third kappa shape index (κ3) is 2.16. The SMILES string of the molecule is CCC(N)(COC)c1cccc2cccnc12. The highest BCUT2D eigenvalue weighted by Crippen LogP contribution is 2.28. The first-order valence-corrected chi connectivity index (χ1v) is 5.83. The molecular formula is C14H18N2O. The van der Waals surface area contributed by atoms with Gasteiger partial charge in [0, 0.05) is 24.3 Å². The molecule has 0 fully saturated rings. The summed E-state index contributed by atoms with van der Waals surface area (Å²) >= 11 is 0. The molecule has 1 atom stereocenters. The number of aromatic nitrogens is 1. The van der Waals surface area contributed by atoms with Crippen molar-refractivity contribution < 1.29 is 4.74 Å². The molecule has 3 heteroatoms. The Morgan fingerprint density at radius 1 is 1.29 bits per heavy atom. The maximum atomic E-state index is 6.43. The quantitative estimate of drug-likeness (QED) is 0.877. The summed E-state index contributed by atoms with van der Waals surface area (Å²) in [4.78, 5) is 4.44. The number of benzene rings is 1. The monoisotopic (exact) mass is 230 g/mol. The molecule has 1 aromatic heterocycles. The Kier molecular flexibility index (Phi) is 3.41. The Labute approximate surface area is 102 Å². The fraction of sp³-hybridized carbons (Fsp3) is 0.357. The predicted molar refractivity (Wildman–Crippen MR) is 69.8 cm³/mol. The molecule has 2 N–H and O–H groups in total. The van der Waals surface area contributed by atoms with Crippen LogP contribution < -0.4 is 5.73 Å². The number of nitrogens with zero attached hydrogens (tertiary/aromatic N) is 1. The number of nitrogens with two attached hydrogens (primary N) is 1. The van der Waals surface area contributed by atoms with Crippen LogP contribution in [0.1, 0.15) is 18.9 Å². The van der Waals surface area contributed by atoms with Crippen molar-refractivity contribution >= 4 is 10.9 Å². The van der Waals surface area contributed by atoms with Crippen LogP contribution in [0.15, 0.2) is 36.5 Å². The maximum Gasteiger partial charge on any atom is 0.0753 e. The number of hydrogen-bond acceptors (Lipinski definition) is 3. The molecule has 1 heterocycles. The van der Waals surface area contributed by atoms with E-state index in [-0.39, 0.29) is 0 Å². The molecule has 1 unspecified atom stereocenters. The van der Waals surface area contributed by atoms with Crippen LogP contribution in [0.4, 0.5) is 0 Å². The zero-order valence-corrected chi connectivity index (χ0v) is 10.3. The van der Waals surface area contributed by atoms with E-state index in [0.717, 1.165) is 22.9 Å². The van der Waals surface area contributed by atoms with Gasteiger partial charge in [0.15, 0.2) is 0 Å². The Hall–Kier alpha value is -1.45. The highest BCUT2D eigenvalue weighted by Gasteiger charge is 2.27. The van der Waals surface area contributed by atoms with Gasteiger partial charge in [0.2, 0.25) is 0 Å². The summed E-state index contributed by atoms with van der Waals surface area (Å²) in [6.45, 7) is 2.57. The molecule has 0 saturated carbocycles. The maximum absolute atomic E-state index is 6.43. The van der Waals surface area contributed by atoms with Crippen molar-refractivity contribution in [2.45, 2.75) is 18.9 Å². The summed E-state index contributed by atoms with van der Waals surface area (Å²) in [6.07, 6.45) is 2.62. The molecule has 17 heavy (non-hydrogen) atoms. The van der Waals surface area contributed by atoms with Crippen LogP contribution in [0, 0.1) is 0 Å². The van der Waals surface area contributed by atoms with Gasteiger partial charge >= 0.3 is 0 Å². The summed E-state index contributed by atoms with van der Waals surface area (Å²) in [5.41, 5.74) is 7.98. The molecule has 0 bridgehead atoms. The van der Waals surface area contributed by atoms with Crippen molar-refractivity contribution in [3.05, 3.63) is 42.1 Å². The third-order valence-corrected chi connectivity index (χ3v) is 3.20. The van der Waals surface area contributed by atoms with Crippen LogP contribution in [-0.4, -0.2) is 18.7 Å². The largest absolute Gasteiger partial charge is 0.382 e. The summed E-state index contributed by atoms with van der Waals surface area (Å²) in [7, 11) is 1.68. The van der Waals surface area contributed by atoms with E-state index in [2.05, 4.69) is 24.0 Å². The molecule has 3 nitrogen and oxygen atoms in total. The highest BCUT2D eigenvalue weighted by atomic mass is 16.5. The summed E-state index contributed by atoms with van der Waals surface area (Å²) < 4.78 is 5.25. The fourth-order valence-electron chi connectivity index (χ4n) is 2.13. The van der Waals surface area contributed by atoms with Gasteiger partial charge in [-0.15, -0.1) is 0 Å². The zero-order valence-electron chi connectivity index (χ0n) is 10.3. The van der Waals surface area contributed by atoms with Crippen molar-refractivity contribution in [3.8, 4) is 0 Å². The van der Waals surface area contributed by atoms with E-state index in [9.17, 15) is 0 Å². The fourth-order valence-corrected chi connectivity index (χ4v) is 2.13. The number of hydrogen-bond donors (Lipinski definition) is 1. The summed E-state index contributed by atoms with van der Waals surface area (Å²) in [5.74, 6) is 0. The predicted octanol–water partition coefficient (Wildman–Crippen LogP) is 2.45. The van der Waals surface area contributed by atoms with Gasteiger partial charge in [-0.2, -0.15) is 0 Å². The lowest BCUT2D eigenvalue weighted by molar-refractivity contribution is 0.130. The minimum Gasteiger partial charge on any atom is -0.382 e. The normalized spacial score (nSPS) is 14.8. The summed E-state index contributed by atoms with van der Waals surface area (Å²) in [6, 6.07) is 10.1. The first kappa shape index (κ1) is 12.0. The lowest BCUT2D eigenvalue weighted by atomic mass is 9.87. The molecule has 0 aliphatic carbocycles. The molecule has 0 radical (unpaired) electrons. The van der Waals surface area contributed by atoms with Crippen molar-refractivity contribution in [1.82, 2.24) is 4.98 Å². The van der Waals surface area contributed by atoms with Crippen molar-refractivity contribution in [3.63, 3.8) is 0 Å². The van der Waals surface area contributed by atoms with E-state index in [0.29, 0.717) is 6.61 Å². The topological polar surface area (TPSA) is 48.1 Å². The van der Waals surface area contributed by atoms with Crippen LogP contribution in [0.2, 0.25) is 0 Å². The molecule has 90 valence electrons. The lowest BCUT2D eigenvalue weighted by Gasteiger charge is -2.28. The number of fused-ring (bicyclic) bond motifs is 1. The van der Waals surface area contributed by atoms with E-state index in [1.54, 1.807) is 13.3 Å². The van der Waals surface area contributed by atoms with Crippen molar-refractivity contribution in [1.29, 1.82) is 0 Å². The van der Waals surface area contributed by atoms with E-state index in [1.165, 1.54) is 0 Å². The van der Waals surface area contributed by atoms with Crippen molar-refractivity contribution in [2.75, 3.05) is 13.7 Å². The molecule has 2 rings (SSSR count). The molecule has 1 aromatic carbocycles. The Morgan fingerprint density at radius 2 is 2.06 bits per heavy atom. The smallest absolute Gasteiger partial charge is 0.0753 e. The Morgan fingerprint density at radius 3 is 2.76 bits per heavy atom. The molecular weight excluding hydrogens is 212 g/mol. The van der Waals surface area contributed by atoms with Gasteiger partial charge in [-0.1, -0.05) is 31.2 Å². The number of rotatable bonds is 4. The van der Waals surface area contributed by atoms with Crippen LogP contribution >= 0.6 is 0 Å². The van der Waals surface area contributed by atoms with Crippen LogP contribution in [0.3, 0.4) is 0 Å². The molecule has 0 aliphatic heterocycles. The second-order valence-corrected chi connectivity index (χ2v) is 4.32. The van der Waals surface area contributed by atoms with Crippen LogP contribution in [-0.2, 0) is 10.3 Å². The number of ether oxygens (including phenoxy) is 1. The van der Waals surface area contributed by atoms with E-state index in [4.69, 9.17) is 10.5 Å². The molecule has 0 aliphatic rings. The van der Waals surface area contributed by atoms with Gasteiger partial charge in [-0.3, -0.25) is 4.98 Å². The Bertz CT molecular complexity index is 507. The average Bonchev–Trinajstić information content (AvgIpc) is 2.38. The first-order valence-electron chi connectivity index (χ1n) is 5.83. The molecule has 0 saturated heterocycles. The lowest BCUT2D eigenvalue weighted by Crippen LogP contribution is -2.40. The van der Waals surface area contributed by atoms with Gasteiger partial charge < -0.3 is 10.5 Å². The van der Waals surface area contributed by atoms with Gasteiger partial charge in [0.25, 0.3) is 0 Å². The van der Waals surface area contributed by atoms with Crippen LogP contribution in [0.25, 0.3) is 10.9 Å². The van der Waals surface area contributed by atoms with Gasteiger partial charge in [-0.05, 0) is 12.5 Å². The number of pyridine rings is 1. The van der Waals surface area contributed by atoms with E-state index in [1.807, 2.05) is 18.2 Å². The van der Waals surface area contributed by atoms with Gasteiger partial charge in [-0.25, -0.2) is 0 Å². The van der Waals surface area contributed by atoms with Crippen molar-refractivity contribution in [2.24, 2.45) is 5.73 Å². The van der Waals surface area contributed by atoms with E-state index >= 15 is 0 Å².